The molecule has 7 heteroatoms. The topological polar surface area (TPSA) is 68.5 Å². The number of hydrogen-bond acceptors (Lipinski definition) is 4. The van der Waals surface area contributed by atoms with E-state index in [1.54, 1.807) is 0 Å². The third-order valence-electron chi connectivity index (χ3n) is 2.85. The zero-order valence-electron chi connectivity index (χ0n) is 11.6. The lowest BCUT2D eigenvalue weighted by Gasteiger charge is -2.13. The molecule has 0 fully saturated rings. The van der Waals surface area contributed by atoms with Crippen LogP contribution in [-0.2, 0) is 16.1 Å². The van der Waals surface area contributed by atoms with E-state index in [0.29, 0.717) is 0 Å². The maximum absolute atomic E-state index is 13.4. The Hall–Kier alpha value is -2.70. The van der Waals surface area contributed by atoms with Gasteiger partial charge in [-0.1, -0.05) is 12.1 Å². The number of hydrogen-bond donors (Lipinski definition) is 1. The molecular formula is C15H13F2NO4. The predicted octanol–water partition coefficient (Wildman–Crippen LogP) is 2.42. The van der Waals surface area contributed by atoms with Crippen LogP contribution in [-0.4, -0.2) is 17.9 Å². The molecule has 22 heavy (non-hydrogen) atoms. The average Bonchev–Trinajstić information content (AvgIpc) is 3.02. The van der Waals surface area contributed by atoms with Crippen LogP contribution in [0.25, 0.3) is 0 Å². The van der Waals surface area contributed by atoms with Gasteiger partial charge < -0.3 is 14.5 Å². The van der Waals surface area contributed by atoms with Crippen molar-refractivity contribution in [2.45, 2.75) is 19.6 Å². The fraction of sp³-hybridized carbons (Fsp3) is 0.200. The average molecular weight is 309 g/mol. The summed E-state index contributed by atoms with van der Waals surface area (Å²) < 4.78 is 36.1. The minimum Gasteiger partial charge on any atom is -0.459 e. The number of furan rings is 1. The summed E-state index contributed by atoms with van der Waals surface area (Å²) in [4.78, 5) is 23.4. The molecule has 1 aromatic heterocycles. The Morgan fingerprint density at radius 3 is 2.73 bits per heavy atom. The molecule has 2 aromatic rings. The number of esters is 1. The van der Waals surface area contributed by atoms with Crippen LogP contribution in [0.4, 0.5) is 8.78 Å². The van der Waals surface area contributed by atoms with Crippen molar-refractivity contribution in [1.82, 2.24) is 5.32 Å². The van der Waals surface area contributed by atoms with Crippen LogP contribution in [0.2, 0.25) is 0 Å². The minimum atomic E-state index is -1.07. The van der Waals surface area contributed by atoms with Crippen molar-refractivity contribution in [3.63, 3.8) is 0 Å². The van der Waals surface area contributed by atoms with Crippen LogP contribution >= 0.6 is 0 Å². The van der Waals surface area contributed by atoms with Gasteiger partial charge in [-0.3, -0.25) is 4.79 Å². The van der Waals surface area contributed by atoms with Gasteiger partial charge in [0.25, 0.3) is 5.91 Å². The highest BCUT2D eigenvalue weighted by atomic mass is 19.2. The zero-order valence-corrected chi connectivity index (χ0v) is 11.6. The Balaban J connectivity index is 1.89. The first-order chi connectivity index (χ1) is 10.5. The molecule has 0 aliphatic carbocycles. The molecular weight excluding hydrogens is 296 g/mol. The number of nitrogens with one attached hydrogen (secondary N) is 1. The van der Waals surface area contributed by atoms with E-state index in [4.69, 9.17) is 9.15 Å². The second-order valence-electron chi connectivity index (χ2n) is 4.49. The standard InChI is InChI=1S/C15H13F2NO4/c1-9(18-14(19)12-6-3-7-21-12)15(20)22-8-10-4-2-5-11(16)13(10)17/h2-7,9H,8H2,1H3,(H,18,19)/t9-/m0/s1. The van der Waals surface area contributed by atoms with Gasteiger partial charge in [-0.15, -0.1) is 0 Å². The number of carbonyl (C=O) groups excluding carboxylic acids is 2. The van der Waals surface area contributed by atoms with E-state index in [2.05, 4.69) is 5.32 Å². The van der Waals surface area contributed by atoms with Gasteiger partial charge in [0.05, 0.1) is 6.26 Å². The lowest BCUT2D eigenvalue weighted by molar-refractivity contribution is -0.146. The summed E-state index contributed by atoms with van der Waals surface area (Å²) in [7, 11) is 0. The van der Waals surface area contributed by atoms with Gasteiger partial charge in [-0.05, 0) is 25.1 Å². The van der Waals surface area contributed by atoms with Gasteiger partial charge in [-0.25, -0.2) is 13.6 Å². The van der Waals surface area contributed by atoms with Crippen molar-refractivity contribution >= 4 is 11.9 Å². The maximum atomic E-state index is 13.4. The van der Waals surface area contributed by atoms with Crippen LogP contribution in [0.5, 0.6) is 0 Å². The molecule has 1 heterocycles. The van der Waals surface area contributed by atoms with Crippen LogP contribution < -0.4 is 5.32 Å². The van der Waals surface area contributed by atoms with Crippen molar-refractivity contribution in [2.24, 2.45) is 0 Å². The van der Waals surface area contributed by atoms with Gasteiger partial charge in [0.15, 0.2) is 17.4 Å². The van der Waals surface area contributed by atoms with Gasteiger partial charge in [-0.2, -0.15) is 0 Å². The second-order valence-corrected chi connectivity index (χ2v) is 4.49. The molecule has 0 saturated carbocycles. The zero-order chi connectivity index (χ0) is 16.1. The molecule has 1 atom stereocenters. The second kappa shape index (κ2) is 6.84. The molecule has 0 unspecified atom stereocenters. The molecule has 0 bridgehead atoms. The number of ether oxygens (including phenoxy) is 1. The summed E-state index contributed by atoms with van der Waals surface area (Å²) in [5.74, 6) is -3.39. The van der Waals surface area contributed by atoms with Crippen molar-refractivity contribution in [1.29, 1.82) is 0 Å². The number of benzene rings is 1. The maximum Gasteiger partial charge on any atom is 0.328 e. The van der Waals surface area contributed by atoms with Crippen molar-refractivity contribution in [3.8, 4) is 0 Å². The highest BCUT2D eigenvalue weighted by molar-refractivity contribution is 5.94. The molecule has 2 rings (SSSR count). The minimum absolute atomic E-state index is 0.0517. The number of carbonyl (C=O) groups is 2. The Morgan fingerprint density at radius 1 is 1.27 bits per heavy atom. The molecule has 1 N–H and O–H groups in total. The van der Waals surface area contributed by atoms with E-state index >= 15 is 0 Å². The molecule has 5 nitrogen and oxygen atoms in total. The quantitative estimate of drug-likeness (QED) is 0.861. The van der Waals surface area contributed by atoms with Gasteiger partial charge in [0, 0.05) is 5.56 Å². The molecule has 0 saturated heterocycles. The Morgan fingerprint density at radius 2 is 2.05 bits per heavy atom. The van der Waals surface area contributed by atoms with E-state index < -0.39 is 36.2 Å². The third kappa shape index (κ3) is 3.69. The van der Waals surface area contributed by atoms with Crippen LogP contribution in [0.15, 0.2) is 41.0 Å². The van der Waals surface area contributed by atoms with Gasteiger partial charge in [0.1, 0.15) is 12.6 Å². The van der Waals surface area contributed by atoms with E-state index in [-0.39, 0.29) is 11.3 Å². The first-order valence-corrected chi connectivity index (χ1v) is 6.43. The Kier molecular flexibility index (Phi) is 4.88. The van der Waals surface area contributed by atoms with Crippen LogP contribution in [0.1, 0.15) is 23.0 Å². The third-order valence-corrected chi connectivity index (χ3v) is 2.85. The molecule has 1 aromatic carbocycles. The molecule has 1 amide bonds. The van der Waals surface area contributed by atoms with E-state index in [0.717, 1.165) is 6.07 Å². The lowest BCUT2D eigenvalue weighted by atomic mass is 10.2. The number of rotatable bonds is 5. The Labute approximate surface area is 124 Å². The molecule has 116 valence electrons. The summed E-state index contributed by atoms with van der Waals surface area (Å²) >= 11 is 0. The smallest absolute Gasteiger partial charge is 0.328 e. The summed E-state index contributed by atoms with van der Waals surface area (Å²) in [5.41, 5.74) is -0.0853. The molecule has 0 radical (unpaired) electrons. The van der Waals surface area contributed by atoms with Crippen molar-refractivity contribution in [2.75, 3.05) is 0 Å². The molecule has 0 spiro atoms. The van der Waals surface area contributed by atoms with E-state index in [1.165, 1.54) is 37.5 Å². The summed E-state index contributed by atoms with van der Waals surface area (Å²) in [6.45, 7) is 0.981. The summed E-state index contributed by atoms with van der Waals surface area (Å²) in [6.07, 6.45) is 1.32. The summed E-state index contributed by atoms with van der Waals surface area (Å²) in [5, 5.41) is 2.37. The largest absolute Gasteiger partial charge is 0.459 e. The monoisotopic (exact) mass is 309 g/mol. The predicted molar refractivity (Wildman–Crippen MR) is 71.8 cm³/mol. The fourth-order valence-electron chi connectivity index (χ4n) is 1.67. The van der Waals surface area contributed by atoms with Crippen LogP contribution in [0, 0.1) is 11.6 Å². The Bertz CT molecular complexity index is 670. The molecule has 0 aliphatic rings. The normalized spacial score (nSPS) is 11.8. The van der Waals surface area contributed by atoms with Crippen molar-refractivity contribution in [3.05, 3.63) is 59.6 Å². The first kappa shape index (κ1) is 15.7. The highest BCUT2D eigenvalue weighted by Crippen LogP contribution is 2.12. The first-order valence-electron chi connectivity index (χ1n) is 6.43. The van der Waals surface area contributed by atoms with Crippen LogP contribution in [0.3, 0.4) is 0 Å². The SMILES string of the molecule is C[C@H](NC(=O)c1ccco1)C(=O)OCc1cccc(F)c1F. The van der Waals surface area contributed by atoms with Gasteiger partial charge in [0.2, 0.25) is 0 Å². The summed E-state index contributed by atoms with van der Waals surface area (Å²) in [6, 6.07) is 5.59. The molecule has 0 aliphatic heterocycles. The van der Waals surface area contributed by atoms with E-state index in [9.17, 15) is 18.4 Å². The van der Waals surface area contributed by atoms with Crippen molar-refractivity contribution < 1.29 is 27.5 Å². The number of halogens is 2. The number of amides is 1. The lowest BCUT2D eigenvalue weighted by Crippen LogP contribution is -2.39. The van der Waals surface area contributed by atoms with E-state index in [1.807, 2.05) is 0 Å². The fourth-order valence-corrected chi connectivity index (χ4v) is 1.67. The highest BCUT2D eigenvalue weighted by Gasteiger charge is 2.20. The van der Waals surface area contributed by atoms with Gasteiger partial charge >= 0.3 is 5.97 Å².